The molecular weight excluding hydrogens is 501 g/mol. The minimum Gasteiger partial charge on any atom is -0.250 e. The molecule has 2 aromatic rings. The van der Waals surface area contributed by atoms with Crippen molar-refractivity contribution in [3.8, 4) is 12.1 Å². The van der Waals surface area contributed by atoms with E-state index in [2.05, 4.69) is 9.97 Å². The van der Waals surface area contributed by atoms with E-state index in [1.54, 1.807) is 22.6 Å². The average Bonchev–Trinajstić information content (AvgIpc) is 2.52. The van der Waals surface area contributed by atoms with Gasteiger partial charge in [0.15, 0.2) is 0 Å². The van der Waals surface area contributed by atoms with Gasteiger partial charge in [0.05, 0.1) is 34.4 Å². The highest BCUT2D eigenvalue weighted by Crippen LogP contribution is 2.32. The van der Waals surface area contributed by atoms with Crippen molar-refractivity contribution in [3.63, 3.8) is 0 Å². The van der Waals surface area contributed by atoms with Gasteiger partial charge < -0.3 is 0 Å². The Balaban J connectivity index is 0.000000260. The Bertz CT molecular complexity index is 809. The lowest BCUT2D eigenvalue weighted by Crippen LogP contribution is -2.08. The third-order valence-electron chi connectivity index (χ3n) is 2.59. The molecule has 0 N–H and O–H groups in total. The molecule has 0 unspecified atom stereocenters. The summed E-state index contributed by atoms with van der Waals surface area (Å²) >= 11 is 7.06. The van der Waals surface area contributed by atoms with E-state index in [0.29, 0.717) is 16.1 Å². The molecule has 0 bridgehead atoms. The second-order valence-electron chi connectivity index (χ2n) is 4.32. The molecule has 0 saturated carbocycles. The van der Waals surface area contributed by atoms with Crippen LogP contribution in [0.15, 0.2) is 24.5 Å². The zero-order chi connectivity index (χ0) is 20.1. The van der Waals surface area contributed by atoms with Crippen LogP contribution in [0.2, 0.25) is 5.15 Å². The van der Waals surface area contributed by atoms with E-state index in [1.807, 2.05) is 0 Å². The molecule has 2 aromatic heterocycles. The van der Waals surface area contributed by atoms with Crippen molar-refractivity contribution in [1.29, 1.82) is 10.5 Å². The van der Waals surface area contributed by atoms with E-state index in [9.17, 15) is 26.3 Å². The van der Waals surface area contributed by atoms with Gasteiger partial charge in [-0.1, -0.05) is 11.6 Å². The monoisotopic (exact) mass is 504 g/mol. The van der Waals surface area contributed by atoms with Gasteiger partial charge in [0.2, 0.25) is 0 Å². The summed E-state index contributed by atoms with van der Waals surface area (Å²) < 4.78 is 73.3. The molecule has 26 heavy (non-hydrogen) atoms. The number of pyridine rings is 2. The number of alkyl halides is 6. The zero-order valence-electron chi connectivity index (χ0n) is 12.1. The van der Waals surface area contributed by atoms with Gasteiger partial charge >= 0.3 is 12.4 Å². The van der Waals surface area contributed by atoms with Gasteiger partial charge in [0.25, 0.3) is 0 Å². The van der Waals surface area contributed by atoms with Crippen molar-refractivity contribution >= 4 is 34.2 Å². The van der Waals surface area contributed by atoms with Crippen molar-refractivity contribution in [2.24, 2.45) is 0 Å². The number of hydrogen-bond donors (Lipinski definition) is 0. The SMILES string of the molecule is N#Cc1cc(Cl)ncc1C(F)(F)F.N#Cc1cc(I)ncc1C(F)(F)F. The first-order valence-corrected chi connectivity index (χ1v) is 7.61. The molecule has 0 amide bonds. The Kier molecular flexibility index (Phi) is 7.17. The lowest BCUT2D eigenvalue weighted by atomic mass is 10.1. The molecule has 12 heteroatoms. The Morgan fingerprint density at radius 1 is 0.846 bits per heavy atom. The minimum absolute atomic E-state index is 0.135. The molecule has 0 saturated heterocycles. The van der Waals surface area contributed by atoms with Gasteiger partial charge in [-0.2, -0.15) is 36.9 Å². The third-order valence-corrected chi connectivity index (χ3v) is 3.39. The lowest BCUT2D eigenvalue weighted by Gasteiger charge is -2.07. The molecular formula is C14H4ClF6IN4. The van der Waals surface area contributed by atoms with Gasteiger partial charge in [-0.25, -0.2) is 9.97 Å². The van der Waals surface area contributed by atoms with E-state index in [1.165, 1.54) is 12.1 Å². The maximum absolute atomic E-state index is 12.2. The van der Waals surface area contributed by atoms with Crippen molar-refractivity contribution < 1.29 is 26.3 Å². The summed E-state index contributed by atoms with van der Waals surface area (Å²) in [7, 11) is 0. The summed E-state index contributed by atoms with van der Waals surface area (Å²) in [5, 5.41) is 16.7. The molecule has 136 valence electrons. The Hall–Kier alpha value is -2.12. The molecule has 0 radical (unpaired) electrons. The van der Waals surface area contributed by atoms with Gasteiger partial charge in [-0.3, -0.25) is 0 Å². The molecule has 0 atom stereocenters. The van der Waals surface area contributed by atoms with Crippen LogP contribution in [-0.2, 0) is 12.4 Å². The van der Waals surface area contributed by atoms with Crippen LogP contribution >= 0.6 is 34.2 Å². The first kappa shape index (κ1) is 21.9. The fourth-order valence-corrected chi connectivity index (χ4v) is 2.11. The summed E-state index contributed by atoms with van der Waals surface area (Å²) in [5.41, 5.74) is -2.98. The summed E-state index contributed by atoms with van der Waals surface area (Å²) in [5.74, 6) is 0. The van der Waals surface area contributed by atoms with E-state index >= 15 is 0 Å². The standard InChI is InChI=1S/C7H2ClF3N2.C7H2F3IN2/c8-6-1-4(2-12)5(3-13-6)7(9,10)11;8-7(9,10)5-3-13-6(11)1-4(5)2-12/h2*1,3H. The highest BCUT2D eigenvalue weighted by atomic mass is 127. The number of nitrogens with zero attached hydrogens (tertiary/aromatic N) is 4. The van der Waals surface area contributed by atoms with Crippen LogP contribution in [0.4, 0.5) is 26.3 Å². The fourth-order valence-electron chi connectivity index (χ4n) is 1.50. The van der Waals surface area contributed by atoms with Crippen LogP contribution in [-0.4, -0.2) is 9.97 Å². The van der Waals surface area contributed by atoms with Crippen LogP contribution in [0.1, 0.15) is 22.3 Å². The highest BCUT2D eigenvalue weighted by molar-refractivity contribution is 14.1. The molecule has 0 aliphatic heterocycles. The molecule has 2 heterocycles. The Morgan fingerprint density at radius 3 is 1.69 bits per heavy atom. The molecule has 0 spiro atoms. The normalized spacial score (nSPS) is 11.0. The number of hydrogen-bond acceptors (Lipinski definition) is 4. The summed E-state index contributed by atoms with van der Waals surface area (Å²) in [6, 6.07) is 4.86. The topological polar surface area (TPSA) is 73.4 Å². The first-order chi connectivity index (χ1) is 11.9. The van der Waals surface area contributed by atoms with Crippen LogP contribution < -0.4 is 0 Å². The third kappa shape index (κ3) is 6.00. The van der Waals surface area contributed by atoms with Crippen LogP contribution in [0, 0.1) is 26.4 Å². The zero-order valence-corrected chi connectivity index (χ0v) is 15.0. The summed E-state index contributed by atoms with van der Waals surface area (Å²) in [6.45, 7) is 0. The highest BCUT2D eigenvalue weighted by Gasteiger charge is 2.34. The fraction of sp³-hybridized carbons (Fsp3) is 0.143. The van der Waals surface area contributed by atoms with Gasteiger partial charge in [0.1, 0.15) is 8.85 Å². The number of aromatic nitrogens is 2. The summed E-state index contributed by atoms with van der Waals surface area (Å²) in [6.07, 6.45) is -7.87. The maximum Gasteiger partial charge on any atom is 0.419 e. The van der Waals surface area contributed by atoms with E-state index < -0.39 is 34.6 Å². The second-order valence-corrected chi connectivity index (χ2v) is 5.82. The molecule has 0 fully saturated rings. The molecule has 0 aromatic carbocycles. The maximum atomic E-state index is 12.2. The average molecular weight is 505 g/mol. The van der Waals surface area contributed by atoms with Crippen molar-refractivity contribution in [2.75, 3.05) is 0 Å². The van der Waals surface area contributed by atoms with Gasteiger partial charge in [-0.15, -0.1) is 0 Å². The summed E-state index contributed by atoms with van der Waals surface area (Å²) in [4.78, 5) is 6.72. The largest absolute Gasteiger partial charge is 0.419 e. The van der Waals surface area contributed by atoms with Gasteiger partial charge in [0, 0.05) is 12.4 Å². The van der Waals surface area contributed by atoms with Crippen LogP contribution in [0.3, 0.4) is 0 Å². The van der Waals surface area contributed by atoms with Gasteiger partial charge in [-0.05, 0) is 34.7 Å². The second kappa shape index (κ2) is 8.51. The molecule has 0 aliphatic rings. The molecule has 2 rings (SSSR count). The predicted octanol–water partition coefficient (Wildman–Crippen LogP) is 5.20. The first-order valence-electron chi connectivity index (χ1n) is 6.15. The van der Waals surface area contributed by atoms with E-state index in [-0.39, 0.29) is 5.15 Å². The Morgan fingerprint density at radius 2 is 1.27 bits per heavy atom. The Labute approximate surface area is 161 Å². The molecule has 0 aliphatic carbocycles. The van der Waals surface area contributed by atoms with E-state index in [0.717, 1.165) is 12.1 Å². The lowest BCUT2D eigenvalue weighted by molar-refractivity contribution is -0.138. The smallest absolute Gasteiger partial charge is 0.250 e. The van der Waals surface area contributed by atoms with Crippen molar-refractivity contribution in [2.45, 2.75) is 12.4 Å². The minimum atomic E-state index is -4.57. The van der Waals surface area contributed by atoms with Crippen LogP contribution in [0.5, 0.6) is 0 Å². The number of rotatable bonds is 0. The number of nitriles is 2. The van der Waals surface area contributed by atoms with Crippen LogP contribution in [0.25, 0.3) is 0 Å². The van der Waals surface area contributed by atoms with Crippen molar-refractivity contribution in [3.05, 3.63) is 55.6 Å². The van der Waals surface area contributed by atoms with Crippen molar-refractivity contribution in [1.82, 2.24) is 9.97 Å². The predicted molar refractivity (Wildman–Crippen MR) is 85.6 cm³/mol. The number of halogens is 8. The quantitative estimate of drug-likeness (QED) is 0.281. The molecule has 4 nitrogen and oxygen atoms in total. The van der Waals surface area contributed by atoms with E-state index in [4.69, 9.17) is 22.1 Å².